The number of carboxylic acid groups (broad SMARTS) is 1. The largest absolute Gasteiger partial charge is 0.508 e. The molecular weight excluding hydrogens is 196 g/mol. The van der Waals surface area contributed by atoms with Crippen molar-refractivity contribution in [3.63, 3.8) is 0 Å². The molecule has 0 saturated heterocycles. The van der Waals surface area contributed by atoms with E-state index in [-0.39, 0.29) is 12.2 Å². The van der Waals surface area contributed by atoms with Crippen LogP contribution in [-0.2, 0) is 4.79 Å². The van der Waals surface area contributed by atoms with Gasteiger partial charge in [0.25, 0.3) is 0 Å². The number of carboxylic acids is 1. The first-order chi connectivity index (χ1) is 7.13. The van der Waals surface area contributed by atoms with Gasteiger partial charge in [0, 0.05) is 11.6 Å². The number of methoxy groups -OCH3 is 1. The molecule has 0 heterocycles. The van der Waals surface area contributed by atoms with Gasteiger partial charge < -0.3 is 14.9 Å². The summed E-state index contributed by atoms with van der Waals surface area (Å²) in [6.45, 7) is 0. The molecule has 0 spiro atoms. The third-order valence-corrected chi connectivity index (χ3v) is 1.81. The van der Waals surface area contributed by atoms with Crippen LogP contribution in [0.4, 0.5) is 0 Å². The molecule has 1 rings (SSSR count). The van der Waals surface area contributed by atoms with Crippen molar-refractivity contribution in [2.45, 2.75) is 6.42 Å². The van der Waals surface area contributed by atoms with Gasteiger partial charge in [-0.15, -0.1) is 0 Å². The summed E-state index contributed by atoms with van der Waals surface area (Å²) in [5.74, 6) is -0.261. The fourth-order valence-electron chi connectivity index (χ4n) is 1.12. The molecule has 0 amide bonds. The Labute approximate surface area is 87.4 Å². The Kier molecular flexibility index (Phi) is 3.74. The van der Waals surface area contributed by atoms with E-state index in [4.69, 9.17) is 9.84 Å². The van der Waals surface area contributed by atoms with Crippen LogP contribution in [-0.4, -0.2) is 23.3 Å². The first-order valence-corrected chi connectivity index (χ1v) is 4.39. The number of ether oxygens (including phenoxy) is 1. The second-order valence-electron chi connectivity index (χ2n) is 2.93. The molecule has 0 fully saturated rings. The fourth-order valence-corrected chi connectivity index (χ4v) is 1.12. The molecule has 0 aliphatic heterocycles. The highest BCUT2D eigenvalue weighted by molar-refractivity contribution is 5.71. The fraction of sp³-hybridized carbons (Fsp3) is 0.182. The minimum atomic E-state index is -0.885. The number of phenols is 1. The summed E-state index contributed by atoms with van der Waals surface area (Å²) in [5.41, 5.74) is 0.733. The van der Waals surface area contributed by atoms with Crippen molar-refractivity contribution in [3.05, 3.63) is 29.8 Å². The highest BCUT2D eigenvalue weighted by Crippen LogP contribution is 2.24. The topological polar surface area (TPSA) is 66.8 Å². The van der Waals surface area contributed by atoms with Crippen molar-refractivity contribution in [1.29, 1.82) is 0 Å². The highest BCUT2D eigenvalue weighted by Gasteiger charge is 2.00. The van der Waals surface area contributed by atoms with E-state index in [1.54, 1.807) is 12.1 Å². The monoisotopic (exact) mass is 208 g/mol. The van der Waals surface area contributed by atoms with E-state index in [1.807, 2.05) is 0 Å². The Hall–Kier alpha value is -1.97. The average Bonchev–Trinajstić information content (AvgIpc) is 2.19. The Morgan fingerprint density at radius 3 is 2.87 bits per heavy atom. The minimum Gasteiger partial charge on any atom is -0.508 e. The molecule has 0 unspecified atom stereocenters. The maximum Gasteiger partial charge on any atom is 0.307 e. The number of aromatic hydroxyl groups is 1. The number of hydrogen-bond donors (Lipinski definition) is 2. The Morgan fingerprint density at radius 2 is 2.27 bits per heavy atom. The predicted octanol–water partition coefficient (Wildman–Crippen LogP) is 1.89. The van der Waals surface area contributed by atoms with Crippen LogP contribution in [0, 0.1) is 0 Å². The predicted molar refractivity (Wildman–Crippen MR) is 55.9 cm³/mol. The van der Waals surface area contributed by atoms with E-state index in [0.29, 0.717) is 5.75 Å². The number of hydrogen-bond acceptors (Lipinski definition) is 3. The standard InChI is InChI=1S/C11H12O4/c1-15-10-7-9(12)6-5-8(10)3-2-4-11(13)14/h2-3,5-7,12H,4H2,1H3,(H,13,14). The molecule has 15 heavy (non-hydrogen) atoms. The molecule has 0 bridgehead atoms. The summed E-state index contributed by atoms with van der Waals surface area (Å²) in [6, 6.07) is 4.65. The van der Waals surface area contributed by atoms with Crippen LogP contribution >= 0.6 is 0 Å². The zero-order chi connectivity index (χ0) is 11.3. The van der Waals surface area contributed by atoms with Crippen molar-refractivity contribution in [2.24, 2.45) is 0 Å². The second kappa shape index (κ2) is 5.05. The number of phenolic OH excluding ortho intramolecular Hbond substituents is 1. The van der Waals surface area contributed by atoms with Crippen molar-refractivity contribution in [1.82, 2.24) is 0 Å². The molecular formula is C11H12O4. The van der Waals surface area contributed by atoms with E-state index < -0.39 is 5.97 Å². The van der Waals surface area contributed by atoms with Gasteiger partial charge in [-0.1, -0.05) is 12.2 Å². The van der Waals surface area contributed by atoms with Crippen LogP contribution in [0.3, 0.4) is 0 Å². The van der Waals surface area contributed by atoms with E-state index in [1.165, 1.54) is 25.3 Å². The van der Waals surface area contributed by atoms with Crippen LogP contribution in [0.2, 0.25) is 0 Å². The van der Waals surface area contributed by atoms with Crippen LogP contribution in [0.25, 0.3) is 6.08 Å². The van der Waals surface area contributed by atoms with Gasteiger partial charge in [0.15, 0.2) is 0 Å². The molecule has 0 aliphatic rings. The van der Waals surface area contributed by atoms with E-state index >= 15 is 0 Å². The third-order valence-electron chi connectivity index (χ3n) is 1.81. The smallest absolute Gasteiger partial charge is 0.307 e. The quantitative estimate of drug-likeness (QED) is 0.792. The summed E-state index contributed by atoms with van der Waals surface area (Å²) in [7, 11) is 1.49. The van der Waals surface area contributed by atoms with Gasteiger partial charge in [0.1, 0.15) is 11.5 Å². The lowest BCUT2D eigenvalue weighted by Crippen LogP contribution is -1.90. The van der Waals surface area contributed by atoms with Gasteiger partial charge in [0.05, 0.1) is 13.5 Å². The zero-order valence-electron chi connectivity index (χ0n) is 8.30. The van der Waals surface area contributed by atoms with Crippen molar-refractivity contribution >= 4 is 12.0 Å². The maximum atomic E-state index is 10.3. The maximum absolute atomic E-state index is 10.3. The Morgan fingerprint density at radius 1 is 1.53 bits per heavy atom. The number of benzene rings is 1. The van der Waals surface area contributed by atoms with Crippen molar-refractivity contribution in [3.8, 4) is 11.5 Å². The van der Waals surface area contributed by atoms with Gasteiger partial charge in [-0.2, -0.15) is 0 Å². The zero-order valence-corrected chi connectivity index (χ0v) is 8.30. The lowest BCUT2D eigenvalue weighted by atomic mass is 10.1. The summed E-state index contributed by atoms with van der Waals surface area (Å²) >= 11 is 0. The van der Waals surface area contributed by atoms with E-state index in [2.05, 4.69) is 0 Å². The normalized spacial score (nSPS) is 10.5. The number of carbonyl (C=O) groups is 1. The Balaban J connectivity index is 2.84. The Bertz CT molecular complexity index is 382. The molecule has 1 aromatic carbocycles. The first kappa shape index (κ1) is 11.1. The van der Waals surface area contributed by atoms with Gasteiger partial charge >= 0.3 is 5.97 Å². The molecule has 0 aliphatic carbocycles. The number of aliphatic carboxylic acids is 1. The van der Waals surface area contributed by atoms with Gasteiger partial charge in [-0.3, -0.25) is 4.79 Å². The summed E-state index contributed by atoms with van der Waals surface area (Å²) in [4.78, 5) is 10.3. The average molecular weight is 208 g/mol. The molecule has 0 aromatic heterocycles. The molecule has 4 heteroatoms. The summed E-state index contributed by atoms with van der Waals surface area (Å²) < 4.78 is 5.03. The summed E-state index contributed by atoms with van der Waals surface area (Å²) in [5, 5.41) is 17.6. The molecule has 80 valence electrons. The van der Waals surface area contributed by atoms with Crippen molar-refractivity contribution < 1.29 is 19.7 Å². The second-order valence-corrected chi connectivity index (χ2v) is 2.93. The molecule has 0 saturated carbocycles. The lowest BCUT2D eigenvalue weighted by Gasteiger charge is -2.04. The molecule has 0 atom stereocenters. The highest BCUT2D eigenvalue weighted by atomic mass is 16.5. The molecule has 1 aromatic rings. The lowest BCUT2D eigenvalue weighted by molar-refractivity contribution is -0.135. The van der Waals surface area contributed by atoms with E-state index in [9.17, 15) is 9.90 Å². The van der Waals surface area contributed by atoms with Crippen LogP contribution < -0.4 is 4.74 Å². The van der Waals surface area contributed by atoms with E-state index in [0.717, 1.165) is 5.56 Å². The van der Waals surface area contributed by atoms with Crippen molar-refractivity contribution in [2.75, 3.05) is 7.11 Å². The van der Waals surface area contributed by atoms with Gasteiger partial charge in [0.2, 0.25) is 0 Å². The number of rotatable bonds is 4. The van der Waals surface area contributed by atoms with Crippen LogP contribution in [0.15, 0.2) is 24.3 Å². The minimum absolute atomic E-state index is 0.0377. The SMILES string of the molecule is COc1cc(O)ccc1C=CCC(=O)O. The van der Waals surface area contributed by atoms with Gasteiger partial charge in [-0.05, 0) is 12.1 Å². The first-order valence-electron chi connectivity index (χ1n) is 4.39. The third kappa shape index (κ3) is 3.34. The van der Waals surface area contributed by atoms with Crippen LogP contribution in [0.5, 0.6) is 11.5 Å². The van der Waals surface area contributed by atoms with Crippen LogP contribution in [0.1, 0.15) is 12.0 Å². The molecule has 2 N–H and O–H groups in total. The summed E-state index contributed by atoms with van der Waals surface area (Å²) in [6.07, 6.45) is 3.13. The van der Waals surface area contributed by atoms with Gasteiger partial charge in [-0.25, -0.2) is 0 Å². The molecule has 4 nitrogen and oxygen atoms in total. The molecule has 0 radical (unpaired) electrons.